The molecule has 56 valence electrons. The summed E-state index contributed by atoms with van der Waals surface area (Å²) in [5.74, 6) is -5.13. The first-order valence-electron chi connectivity index (χ1n) is 2.23. The first-order chi connectivity index (χ1) is 4.19. The molecule has 0 spiro atoms. The van der Waals surface area contributed by atoms with Crippen LogP contribution in [-0.2, 0) is 0 Å². The molecule has 0 nitrogen and oxygen atoms in total. The fourth-order valence-electron chi connectivity index (χ4n) is 0.0825. The zero-order valence-corrected chi connectivity index (χ0v) is 4.60. The van der Waals surface area contributed by atoms with Gasteiger partial charge in [0.15, 0.2) is 0 Å². The second kappa shape index (κ2) is 2.68. The van der Waals surface area contributed by atoms with Crippen LogP contribution >= 0.6 is 11.6 Å². The Bertz CT molecular complexity index is 119. The molecular weight excluding hydrogens is 166 g/mol. The quantitative estimate of drug-likeness (QED) is 0.440. The molecule has 0 heterocycles. The van der Waals surface area contributed by atoms with Crippen molar-refractivity contribution < 1.29 is 23.3 Å². The van der Waals surface area contributed by atoms with E-state index in [9.17, 15) is 22.0 Å². The molecule has 0 amide bonds. The average molecular weight is 169 g/mol. The van der Waals surface area contributed by atoms with Gasteiger partial charge in [0.25, 0.3) is 0 Å². The van der Waals surface area contributed by atoms with E-state index < -0.39 is 18.0 Å². The van der Waals surface area contributed by atoms with Crippen LogP contribution in [0.2, 0.25) is 0 Å². The molecule has 0 aliphatic heterocycles. The molecule has 0 aliphatic carbocycles. The van der Waals surface area contributed by atoms with E-state index in [1.807, 2.05) is 0 Å². The van der Waals surface area contributed by atoms with Crippen LogP contribution in [0.1, 0.15) is 1.37 Å². The Morgan fingerprint density at radius 2 is 1.67 bits per heavy atom. The van der Waals surface area contributed by atoms with Gasteiger partial charge in [-0.05, 0) is 0 Å². The fraction of sp³-hybridized carbons (Fsp3) is 1.00. The Labute approximate surface area is 54.0 Å². The Morgan fingerprint density at radius 3 is 1.67 bits per heavy atom. The Kier molecular flexibility index (Phi) is 2.10. The molecule has 1 unspecified atom stereocenters. The summed E-state index contributed by atoms with van der Waals surface area (Å²) in [6.07, 6.45) is -4.27. The minimum Gasteiger partial charge on any atom is -0.223 e. The Hall–Kier alpha value is -0.0600. The van der Waals surface area contributed by atoms with E-state index >= 15 is 0 Å². The fourth-order valence-corrected chi connectivity index (χ4v) is 0.165. The third-order valence-corrected chi connectivity index (χ3v) is 0.778. The lowest BCUT2D eigenvalue weighted by atomic mass is 10.4. The van der Waals surface area contributed by atoms with Crippen LogP contribution in [0.25, 0.3) is 0 Å². The number of halogens is 6. The van der Waals surface area contributed by atoms with Crippen molar-refractivity contribution in [3.63, 3.8) is 0 Å². The Morgan fingerprint density at radius 1 is 1.33 bits per heavy atom. The molecule has 9 heavy (non-hydrogen) atoms. The van der Waals surface area contributed by atoms with Crippen LogP contribution in [0.5, 0.6) is 0 Å². The molecule has 0 aromatic heterocycles. The monoisotopic (exact) mass is 169 g/mol. The summed E-state index contributed by atoms with van der Waals surface area (Å²) < 4.78 is 62.8. The normalized spacial score (nSPS) is 21.4. The summed E-state index contributed by atoms with van der Waals surface area (Å²) >= 11 is 3.99. The third kappa shape index (κ3) is 1.97. The molecule has 0 saturated heterocycles. The maximum atomic E-state index is 11.6. The largest absolute Gasteiger partial charge is 0.351 e. The summed E-state index contributed by atoms with van der Waals surface area (Å²) in [5.41, 5.74) is -4.44. The van der Waals surface area contributed by atoms with E-state index in [2.05, 4.69) is 11.6 Å². The maximum Gasteiger partial charge on any atom is 0.351 e. The lowest BCUT2D eigenvalue weighted by molar-refractivity contribution is -0.150. The first kappa shape index (κ1) is 7.05. The SMILES string of the molecule is [2H]C(F)(Cl)C(F)(F)C(F)F. The van der Waals surface area contributed by atoms with Crippen molar-refractivity contribution >= 4 is 11.6 Å². The molecule has 0 radical (unpaired) electrons. The van der Waals surface area contributed by atoms with Crippen LogP contribution in [-0.4, -0.2) is 18.0 Å². The molecule has 0 saturated carbocycles. The molecule has 0 fully saturated rings. The molecule has 0 aromatic rings. The first-order valence-corrected chi connectivity index (χ1v) is 2.11. The molecule has 0 N–H and O–H groups in total. The highest BCUT2D eigenvalue weighted by Gasteiger charge is 2.48. The predicted molar refractivity (Wildman–Crippen MR) is 21.7 cm³/mol. The topological polar surface area (TPSA) is 0 Å². The maximum absolute atomic E-state index is 11.6. The van der Waals surface area contributed by atoms with Crippen molar-refractivity contribution in [3.05, 3.63) is 0 Å². The van der Waals surface area contributed by atoms with Crippen molar-refractivity contribution in [3.8, 4) is 0 Å². The highest BCUT2D eigenvalue weighted by molar-refractivity contribution is 6.20. The average Bonchev–Trinajstić information content (AvgIpc) is 1.62. The van der Waals surface area contributed by atoms with Crippen LogP contribution in [0.4, 0.5) is 22.0 Å². The predicted octanol–water partition coefficient (Wildman–Crippen LogP) is 2.42. The second-order valence-corrected chi connectivity index (χ2v) is 1.52. The van der Waals surface area contributed by atoms with Gasteiger partial charge in [0.05, 0.1) is 1.37 Å². The van der Waals surface area contributed by atoms with Crippen molar-refractivity contribution in [1.82, 2.24) is 0 Å². The van der Waals surface area contributed by atoms with Crippen molar-refractivity contribution in [2.24, 2.45) is 0 Å². The zero-order chi connectivity index (χ0) is 8.58. The number of hydrogen-bond donors (Lipinski definition) is 0. The van der Waals surface area contributed by atoms with Crippen LogP contribution in [0.15, 0.2) is 0 Å². The van der Waals surface area contributed by atoms with Crippen LogP contribution < -0.4 is 0 Å². The van der Waals surface area contributed by atoms with Gasteiger partial charge in [-0.2, -0.15) is 8.78 Å². The van der Waals surface area contributed by atoms with Crippen molar-refractivity contribution in [2.45, 2.75) is 18.0 Å². The lowest BCUT2D eigenvalue weighted by Crippen LogP contribution is -2.34. The van der Waals surface area contributed by atoms with Crippen LogP contribution in [0.3, 0.4) is 0 Å². The van der Waals surface area contributed by atoms with E-state index in [1.165, 1.54) is 0 Å². The van der Waals surface area contributed by atoms with Gasteiger partial charge in [0, 0.05) is 0 Å². The van der Waals surface area contributed by atoms with E-state index in [1.54, 1.807) is 0 Å². The smallest absolute Gasteiger partial charge is 0.223 e. The van der Waals surface area contributed by atoms with Gasteiger partial charge in [-0.25, -0.2) is 13.2 Å². The van der Waals surface area contributed by atoms with Crippen molar-refractivity contribution in [2.75, 3.05) is 0 Å². The summed E-state index contributed by atoms with van der Waals surface area (Å²) in [6, 6.07) is 0. The van der Waals surface area contributed by atoms with Gasteiger partial charge in [0.2, 0.25) is 5.61 Å². The summed E-state index contributed by atoms with van der Waals surface area (Å²) in [5, 5.41) is 0. The van der Waals surface area contributed by atoms with Crippen LogP contribution in [0, 0.1) is 0 Å². The molecule has 1 atom stereocenters. The molecule has 0 aliphatic rings. The standard InChI is InChI=1S/C3H2ClF5/c4-1(5)3(8,9)2(6)7/h1-2H/i1D. The van der Waals surface area contributed by atoms with E-state index in [4.69, 9.17) is 1.37 Å². The third-order valence-electron chi connectivity index (χ3n) is 0.526. The highest BCUT2D eigenvalue weighted by atomic mass is 35.5. The molecule has 0 rings (SSSR count). The van der Waals surface area contributed by atoms with E-state index in [0.29, 0.717) is 0 Å². The van der Waals surface area contributed by atoms with Gasteiger partial charge < -0.3 is 0 Å². The van der Waals surface area contributed by atoms with Gasteiger partial charge in [-0.15, -0.1) is 0 Å². The second-order valence-electron chi connectivity index (χ2n) is 1.18. The van der Waals surface area contributed by atoms with Gasteiger partial charge in [0.1, 0.15) is 0 Å². The van der Waals surface area contributed by atoms with E-state index in [0.717, 1.165) is 0 Å². The van der Waals surface area contributed by atoms with Gasteiger partial charge >= 0.3 is 12.3 Å². The highest BCUT2D eigenvalue weighted by Crippen LogP contribution is 2.30. The molecule has 0 bridgehead atoms. The summed E-state index contributed by atoms with van der Waals surface area (Å²) in [6.45, 7) is 0. The van der Waals surface area contributed by atoms with Gasteiger partial charge in [-0.1, -0.05) is 11.6 Å². The number of rotatable bonds is 2. The molecule has 0 aromatic carbocycles. The van der Waals surface area contributed by atoms with Gasteiger partial charge in [-0.3, -0.25) is 0 Å². The summed E-state index contributed by atoms with van der Waals surface area (Å²) in [4.78, 5) is 0. The minimum atomic E-state index is -5.13. The number of hydrogen-bond acceptors (Lipinski definition) is 0. The number of alkyl halides is 6. The minimum absolute atomic E-state index is 3.99. The molecular formula is C3H2ClF5. The van der Waals surface area contributed by atoms with E-state index in [-0.39, 0.29) is 0 Å². The van der Waals surface area contributed by atoms with Crippen molar-refractivity contribution in [1.29, 1.82) is 0 Å². The zero-order valence-electron chi connectivity index (χ0n) is 4.85. The lowest BCUT2D eigenvalue weighted by Gasteiger charge is -2.13. The summed E-state index contributed by atoms with van der Waals surface area (Å²) in [7, 11) is 0. The Balaban J connectivity index is 4.40. The molecule has 6 heteroatoms.